The van der Waals surface area contributed by atoms with Gasteiger partial charge in [0.1, 0.15) is 6.61 Å². The van der Waals surface area contributed by atoms with Gasteiger partial charge >= 0.3 is 0 Å². The lowest BCUT2D eigenvalue weighted by atomic mass is 10.5. The first-order valence-corrected chi connectivity index (χ1v) is 2.96. The molecule has 0 saturated heterocycles. The van der Waals surface area contributed by atoms with Crippen LogP contribution in [0.2, 0.25) is 0 Å². The molecule has 0 aliphatic carbocycles. The average Bonchev–Trinajstić information content (AvgIpc) is 1.61. The summed E-state index contributed by atoms with van der Waals surface area (Å²) in [5.74, 6) is 0. The molecule has 0 aromatic rings. The van der Waals surface area contributed by atoms with Gasteiger partial charge < -0.3 is 4.84 Å². The molecule has 0 unspecified atom stereocenters. The van der Waals surface area contributed by atoms with Crippen molar-refractivity contribution >= 4 is 15.9 Å². The van der Waals surface area contributed by atoms with Crippen molar-refractivity contribution < 1.29 is 9.92 Å². The van der Waals surface area contributed by atoms with Crippen molar-refractivity contribution in [3.8, 4) is 0 Å². The van der Waals surface area contributed by atoms with Crippen LogP contribution in [0, 0.1) is 10.1 Å². The van der Waals surface area contributed by atoms with Gasteiger partial charge in [-0.05, 0) is 0 Å². The zero-order valence-corrected chi connectivity index (χ0v) is 5.92. The zero-order chi connectivity index (χ0) is 6.57. The van der Waals surface area contributed by atoms with E-state index in [1.54, 1.807) is 6.92 Å². The van der Waals surface area contributed by atoms with Gasteiger partial charge in [-0.1, -0.05) is 22.9 Å². The summed E-state index contributed by atoms with van der Waals surface area (Å²) in [4.78, 5) is 13.5. The molecule has 0 aromatic heterocycles. The number of halogens is 1. The Morgan fingerprint density at radius 3 is 2.62 bits per heavy atom. The topological polar surface area (TPSA) is 52.4 Å². The highest BCUT2D eigenvalue weighted by atomic mass is 79.9. The van der Waals surface area contributed by atoms with E-state index in [1.165, 1.54) is 0 Å². The highest BCUT2D eigenvalue weighted by molar-refractivity contribution is 9.09. The minimum absolute atomic E-state index is 0.0351. The van der Waals surface area contributed by atoms with Gasteiger partial charge in [0.2, 0.25) is 0 Å². The van der Waals surface area contributed by atoms with E-state index >= 15 is 0 Å². The van der Waals surface area contributed by atoms with Gasteiger partial charge in [-0.2, -0.15) is 0 Å². The molecule has 0 radical (unpaired) electrons. The second-order valence-electron chi connectivity index (χ2n) is 1.30. The van der Waals surface area contributed by atoms with Crippen LogP contribution in [0.15, 0.2) is 0 Å². The van der Waals surface area contributed by atoms with Crippen LogP contribution in [0.1, 0.15) is 6.92 Å². The highest BCUT2D eigenvalue weighted by Crippen LogP contribution is 1.96. The Morgan fingerprint density at radius 2 is 2.50 bits per heavy atom. The molecule has 8 heavy (non-hydrogen) atoms. The molecule has 0 aliphatic rings. The summed E-state index contributed by atoms with van der Waals surface area (Å²) in [7, 11) is 0. The predicted molar refractivity (Wildman–Crippen MR) is 31.3 cm³/mol. The van der Waals surface area contributed by atoms with Gasteiger partial charge in [-0.25, -0.2) is 0 Å². The predicted octanol–water partition coefficient (Wildman–Crippen LogP) is 0.978. The molecule has 0 saturated carbocycles. The lowest BCUT2D eigenvalue weighted by Gasteiger charge is -1.97. The molecule has 0 aliphatic heterocycles. The first-order chi connectivity index (χ1) is 3.63. The third-order valence-corrected chi connectivity index (χ3v) is 0.674. The van der Waals surface area contributed by atoms with E-state index in [4.69, 9.17) is 0 Å². The zero-order valence-electron chi connectivity index (χ0n) is 4.33. The van der Waals surface area contributed by atoms with E-state index in [1.807, 2.05) is 0 Å². The van der Waals surface area contributed by atoms with Crippen LogP contribution in [0.3, 0.4) is 0 Å². The Morgan fingerprint density at radius 1 is 2.00 bits per heavy atom. The van der Waals surface area contributed by atoms with Crippen molar-refractivity contribution in [1.82, 2.24) is 0 Å². The molecule has 0 rings (SSSR count). The third-order valence-electron chi connectivity index (χ3n) is 0.410. The highest BCUT2D eigenvalue weighted by Gasteiger charge is 1.97. The number of alkyl halides is 1. The molecule has 0 bridgehead atoms. The smallest absolute Gasteiger partial charge is 0.294 e. The molecule has 0 spiro atoms. The first kappa shape index (κ1) is 7.68. The molecule has 0 amide bonds. The monoisotopic (exact) mass is 183 g/mol. The SMILES string of the molecule is C[C@@H](Br)CO[N+](=O)[O-]. The first-order valence-electron chi connectivity index (χ1n) is 2.04. The molecule has 5 heteroatoms. The summed E-state index contributed by atoms with van der Waals surface area (Å²) >= 11 is 3.07. The van der Waals surface area contributed by atoms with Crippen molar-refractivity contribution in [2.75, 3.05) is 6.61 Å². The van der Waals surface area contributed by atoms with Crippen LogP contribution in [-0.2, 0) is 4.84 Å². The van der Waals surface area contributed by atoms with E-state index in [0.29, 0.717) is 0 Å². The van der Waals surface area contributed by atoms with E-state index in [-0.39, 0.29) is 11.4 Å². The number of hydrogen-bond donors (Lipinski definition) is 0. The van der Waals surface area contributed by atoms with Gasteiger partial charge in [0.25, 0.3) is 5.09 Å². The van der Waals surface area contributed by atoms with E-state index in [2.05, 4.69) is 20.8 Å². The largest absolute Gasteiger partial charge is 0.313 e. The van der Waals surface area contributed by atoms with Crippen LogP contribution in [0.4, 0.5) is 0 Å². The lowest BCUT2D eigenvalue weighted by Crippen LogP contribution is -2.08. The molecule has 0 heterocycles. The van der Waals surface area contributed by atoms with Gasteiger partial charge in [-0.3, -0.25) is 0 Å². The maximum atomic E-state index is 9.47. The third kappa shape index (κ3) is 5.68. The summed E-state index contributed by atoms with van der Waals surface area (Å²) < 4.78 is 0. The van der Waals surface area contributed by atoms with Crippen molar-refractivity contribution in [3.63, 3.8) is 0 Å². The second kappa shape index (κ2) is 3.65. The Labute approximate surface area is 55.1 Å². The van der Waals surface area contributed by atoms with E-state index in [0.717, 1.165) is 0 Å². The Balaban J connectivity index is 3.05. The molecule has 0 N–H and O–H groups in total. The van der Waals surface area contributed by atoms with Gasteiger partial charge in [0, 0.05) is 4.83 Å². The quantitative estimate of drug-likeness (QED) is 0.373. The van der Waals surface area contributed by atoms with Crippen LogP contribution in [-0.4, -0.2) is 16.5 Å². The lowest BCUT2D eigenvalue weighted by molar-refractivity contribution is -0.757. The van der Waals surface area contributed by atoms with E-state index in [9.17, 15) is 10.1 Å². The van der Waals surface area contributed by atoms with Gasteiger partial charge in [0.05, 0.1) is 0 Å². The Bertz CT molecular complexity index is 84.6. The fourth-order valence-corrected chi connectivity index (χ4v) is 0.282. The number of nitrogens with zero attached hydrogens (tertiary/aromatic N) is 1. The molecule has 0 aromatic carbocycles. The van der Waals surface area contributed by atoms with E-state index < -0.39 is 5.09 Å². The minimum Gasteiger partial charge on any atom is -0.313 e. The van der Waals surface area contributed by atoms with Gasteiger partial charge in [0.15, 0.2) is 0 Å². The van der Waals surface area contributed by atoms with Crippen molar-refractivity contribution in [2.24, 2.45) is 0 Å². The van der Waals surface area contributed by atoms with Crippen molar-refractivity contribution in [3.05, 3.63) is 10.1 Å². The summed E-state index contributed by atoms with van der Waals surface area (Å²) in [6.45, 7) is 1.87. The number of rotatable bonds is 3. The molecule has 0 fully saturated rings. The van der Waals surface area contributed by atoms with Gasteiger partial charge in [-0.15, -0.1) is 10.1 Å². The summed E-state index contributed by atoms with van der Waals surface area (Å²) in [5, 5.41) is 8.66. The molecule has 1 atom stereocenters. The molecular weight excluding hydrogens is 178 g/mol. The Kier molecular flexibility index (Phi) is 3.51. The number of hydrogen-bond acceptors (Lipinski definition) is 3. The maximum Gasteiger partial charge on any atom is 0.294 e. The second-order valence-corrected chi connectivity index (χ2v) is 2.86. The van der Waals surface area contributed by atoms with Crippen LogP contribution >= 0.6 is 15.9 Å². The summed E-state index contributed by atoms with van der Waals surface area (Å²) in [6, 6.07) is 0. The molecule has 48 valence electrons. The summed E-state index contributed by atoms with van der Waals surface area (Å²) in [5.41, 5.74) is 0. The summed E-state index contributed by atoms with van der Waals surface area (Å²) in [6.07, 6.45) is 0. The fourth-order valence-electron chi connectivity index (χ4n) is 0.164. The molecular formula is C3H6BrNO3. The van der Waals surface area contributed by atoms with Crippen molar-refractivity contribution in [2.45, 2.75) is 11.8 Å². The van der Waals surface area contributed by atoms with Crippen LogP contribution in [0.5, 0.6) is 0 Å². The Hall–Kier alpha value is -0.320. The standard InChI is InChI=1S/C3H6BrNO3/c1-3(4)2-8-5(6)7/h3H,2H2,1H3/t3-/m1/s1. The normalized spacial score (nSPS) is 12.8. The minimum atomic E-state index is -0.808. The molecule has 4 nitrogen and oxygen atoms in total. The maximum absolute atomic E-state index is 9.47. The van der Waals surface area contributed by atoms with Crippen molar-refractivity contribution in [1.29, 1.82) is 0 Å². The average molecular weight is 184 g/mol. The van der Waals surface area contributed by atoms with Crippen LogP contribution < -0.4 is 0 Å². The van der Waals surface area contributed by atoms with Crippen LogP contribution in [0.25, 0.3) is 0 Å². The fraction of sp³-hybridized carbons (Fsp3) is 1.00.